The van der Waals surface area contributed by atoms with Crippen LogP contribution in [0.25, 0.3) is 0 Å². The summed E-state index contributed by atoms with van der Waals surface area (Å²) in [6.45, 7) is -0.156. The normalized spacial score (nSPS) is 10.2. The summed E-state index contributed by atoms with van der Waals surface area (Å²) in [5, 5.41) is 19.8. The molecule has 2 aromatic carbocycles. The molecule has 0 heterocycles. The third kappa shape index (κ3) is 3.01. The zero-order valence-electron chi connectivity index (χ0n) is 9.75. The van der Waals surface area contributed by atoms with Gasteiger partial charge >= 0.3 is 0 Å². The first-order valence-electron chi connectivity index (χ1n) is 5.42. The predicted octanol–water partition coefficient (Wildman–Crippen LogP) is 3.53. The SMILES string of the molecule is O=[N+]([O-])c1ccc(Oc2ccccc2CO)cc1Cl. The van der Waals surface area contributed by atoms with Crippen LogP contribution >= 0.6 is 11.6 Å². The number of hydrogen-bond donors (Lipinski definition) is 1. The number of halogens is 1. The lowest BCUT2D eigenvalue weighted by molar-refractivity contribution is -0.384. The lowest BCUT2D eigenvalue weighted by atomic mass is 10.2. The lowest BCUT2D eigenvalue weighted by Crippen LogP contribution is -1.93. The van der Waals surface area contributed by atoms with Crippen molar-refractivity contribution in [3.05, 3.63) is 63.2 Å². The van der Waals surface area contributed by atoms with Crippen molar-refractivity contribution in [2.24, 2.45) is 0 Å². The van der Waals surface area contributed by atoms with Crippen molar-refractivity contribution >= 4 is 17.3 Å². The Labute approximate surface area is 114 Å². The van der Waals surface area contributed by atoms with E-state index in [1.54, 1.807) is 24.3 Å². The first-order valence-corrected chi connectivity index (χ1v) is 5.80. The van der Waals surface area contributed by atoms with Crippen LogP contribution < -0.4 is 4.74 Å². The van der Waals surface area contributed by atoms with Gasteiger partial charge in [-0.25, -0.2) is 0 Å². The fourth-order valence-corrected chi connectivity index (χ4v) is 1.80. The molecule has 0 aliphatic heterocycles. The van der Waals surface area contributed by atoms with E-state index in [-0.39, 0.29) is 17.3 Å². The zero-order chi connectivity index (χ0) is 13.8. The Bertz CT molecular complexity index is 615. The first-order chi connectivity index (χ1) is 9.11. The largest absolute Gasteiger partial charge is 0.457 e. The van der Waals surface area contributed by atoms with Crippen LogP contribution in [0.1, 0.15) is 5.56 Å². The Morgan fingerprint density at radius 3 is 2.63 bits per heavy atom. The third-order valence-corrected chi connectivity index (χ3v) is 2.79. The molecular formula is C13H10ClNO4. The van der Waals surface area contributed by atoms with E-state index in [4.69, 9.17) is 16.3 Å². The predicted molar refractivity (Wildman–Crippen MR) is 70.5 cm³/mol. The summed E-state index contributed by atoms with van der Waals surface area (Å²) in [6, 6.07) is 11.1. The second-order valence-corrected chi connectivity index (χ2v) is 4.15. The summed E-state index contributed by atoms with van der Waals surface area (Å²) in [5.41, 5.74) is 0.446. The number of nitro groups is 1. The molecule has 19 heavy (non-hydrogen) atoms. The standard InChI is InChI=1S/C13H10ClNO4/c14-11-7-10(5-6-12(11)15(17)18)19-13-4-2-1-3-9(13)8-16/h1-7,16H,8H2. The maximum Gasteiger partial charge on any atom is 0.288 e. The maximum absolute atomic E-state index is 10.6. The van der Waals surface area contributed by atoms with Crippen LogP contribution in [0.4, 0.5) is 5.69 Å². The van der Waals surface area contributed by atoms with Crippen molar-refractivity contribution in [1.29, 1.82) is 0 Å². The van der Waals surface area contributed by atoms with Crippen molar-refractivity contribution < 1.29 is 14.8 Å². The molecule has 98 valence electrons. The summed E-state index contributed by atoms with van der Waals surface area (Å²) in [7, 11) is 0. The average Bonchev–Trinajstić information content (AvgIpc) is 2.39. The Balaban J connectivity index is 2.29. The molecule has 0 aliphatic carbocycles. The summed E-state index contributed by atoms with van der Waals surface area (Å²) >= 11 is 5.79. The van der Waals surface area contributed by atoms with E-state index in [1.165, 1.54) is 18.2 Å². The highest BCUT2D eigenvalue weighted by Gasteiger charge is 2.13. The number of para-hydroxylation sites is 1. The first kappa shape index (κ1) is 13.3. The quantitative estimate of drug-likeness (QED) is 0.686. The highest BCUT2D eigenvalue weighted by molar-refractivity contribution is 6.32. The molecule has 2 rings (SSSR count). The van der Waals surface area contributed by atoms with Crippen LogP contribution in [-0.4, -0.2) is 10.0 Å². The molecule has 0 saturated carbocycles. The smallest absolute Gasteiger partial charge is 0.288 e. The van der Waals surface area contributed by atoms with E-state index in [1.807, 2.05) is 0 Å². The Hall–Kier alpha value is -2.11. The number of nitrogens with zero attached hydrogens (tertiary/aromatic N) is 1. The van der Waals surface area contributed by atoms with E-state index in [0.29, 0.717) is 17.1 Å². The number of hydrogen-bond acceptors (Lipinski definition) is 4. The molecule has 0 saturated heterocycles. The van der Waals surface area contributed by atoms with Crippen LogP contribution in [0.5, 0.6) is 11.5 Å². The minimum absolute atomic E-state index is 0.00368. The summed E-state index contributed by atoms with van der Waals surface area (Å²) in [4.78, 5) is 10.1. The van der Waals surface area contributed by atoms with Crippen LogP contribution in [0, 0.1) is 10.1 Å². The molecule has 1 N–H and O–H groups in total. The molecule has 0 bridgehead atoms. The molecule has 2 aromatic rings. The average molecular weight is 280 g/mol. The van der Waals surface area contributed by atoms with Gasteiger partial charge in [0.1, 0.15) is 16.5 Å². The van der Waals surface area contributed by atoms with Gasteiger partial charge in [0.25, 0.3) is 5.69 Å². The monoisotopic (exact) mass is 279 g/mol. The molecule has 0 radical (unpaired) electrons. The zero-order valence-corrected chi connectivity index (χ0v) is 10.5. The van der Waals surface area contributed by atoms with Gasteiger partial charge in [0.15, 0.2) is 0 Å². The Morgan fingerprint density at radius 2 is 2.00 bits per heavy atom. The van der Waals surface area contributed by atoms with Gasteiger partial charge in [-0.15, -0.1) is 0 Å². The van der Waals surface area contributed by atoms with Crippen molar-refractivity contribution in [2.45, 2.75) is 6.61 Å². The molecule has 6 heteroatoms. The fraction of sp³-hybridized carbons (Fsp3) is 0.0769. The number of ether oxygens (including phenoxy) is 1. The van der Waals surface area contributed by atoms with Crippen molar-refractivity contribution in [2.75, 3.05) is 0 Å². The number of aliphatic hydroxyl groups excluding tert-OH is 1. The molecule has 0 aliphatic rings. The van der Waals surface area contributed by atoms with Crippen LogP contribution in [0.2, 0.25) is 5.02 Å². The minimum atomic E-state index is -0.562. The van der Waals surface area contributed by atoms with Crippen LogP contribution in [-0.2, 0) is 6.61 Å². The van der Waals surface area contributed by atoms with Gasteiger partial charge in [0.2, 0.25) is 0 Å². The fourth-order valence-electron chi connectivity index (χ4n) is 1.56. The Kier molecular flexibility index (Phi) is 3.99. The number of nitro benzene ring substituents is 1. The highest BCUT2D eigenvalue weighted by atomic mass is 35.5. The third-order valence-electron chi connectivity index (χ3n) is 2.49. The molecule has 0 amide bonds. The van der Waals surface area contributed by atoms with Crippen molar-refractivity contribution in [1.82, 2.24) is 0 Å². The van der Waals surface area contributed by atoms with E-state index in [2.05, 4.69) is 0 Å². The van der Waals surface area contributed by atoms with Crippen molar-refractivity contribution in [3.63, 3.8) is 0 Å². The number of aliphatic hydroxyl groups is 1. The summed E-state index contributed by atoms with van der Waals surface area (Å²) in [6.07, 6.45) is 0. The van der Waals surface area contributed by atoms with Gasteiger partial charge in [0, 0.05) is 17.7 Å². The maximum atomic E-state index is 10.6. The molecule has 0 spiro atoms. The van der Waals surface area contributed by atoms with Gasteiger partial charge < -0.3 is 9.84 Å². The minimum Gasteiger partial charge on any atom is -0.457 e. The second-order valence-electron chi connectivity index (χ2n) is 3.74. The molecule has 5 nitrogen and oxygen atoms in total. The number of benzene rings is 2. The van der Waals surface area contributed by atoms with Gasteiger partial charge in [-0.05, 0) is 12.1 Å². The lowest BCUT2D eigenvalue weighted by Gasteiger charge is -2.09. The Morgan fingerprint density at radius 1 is 1.26 bits per heavy atom. The molecule has 0 unspecified atom stereocenters. The molecule has 0 fully saturated rings. The van der Waals surface area contributed by atoms with Crippen molar-refractivity contribution in [3.8, 4) is 11.5 Å². The van der Waals surface area contributed by atoms with Crippen LogP contribution in [0.15, 0.2) is 42.5 Å². The van der Waals surface area contributed by atoms with E-state index >= 15 is 0 Å². The molecular weight excluding hydrogens is 270 g/mol. The highest BCUT2D eigenvalue weighted by Crippen LogP contribution is 2.32. The van der Waals surface area contributed by atoms with Crippen LogP contribution in [0.3, 0.4) is 0 Å². The van der Waals surface area contributed by atoms with E-state index in [0.717, 1.165) is 0 Å². The van der Waals surface area contributed by atoms with Gasteiger partial charge in [-0.3, -0.25) is 10.1 Å². The molecule has 0 atom stereocenters. The topological polar surface area (TPSA) is 72.6 Å². The number of rotatable bonds is 4. The summed E-state index contributed by atoms with van der Waals surface area (Å²) in [5.74, 6) is 0.853. The van der Waals surface area contributed by atoms with E-state index in [9.17, 15) is 15.2 Å². The summed E-state index contributed by atoms with van der Waals surface area (Å²) < 4.78 is 5.55. The van der Waals surface area contributed by atoms with Gasteiger partial charge in [-0.2, -0.15) is 0 Å². The second kappa shape index (κ2) is 5.69. The molecule has 0 aromatic heterocycles. The van der Waals surface area contributed by atoms with Gasteiger partial charge in [-0.1, -0.05) is 29.8 Å². The van der Waals surface area contributed by atoms with Gasteiger partial charge in [0.05, 0.1) is 11.5 Å². The van der Waals surface area contributed by atoms with E-state index < -0.39 is 4.92 Å².